The molecule has 0 bridgehead atoms. The second-order valence-corrected chi connectivity index (χ2v) is 9.79. The number of rotatable bonds is 4. The average Bonchev–Trinajstić information content (AvgIpc) is 3.56. The summed E-state index contributed by atoms with van der Waals surface area (Å²) in [5, 5.41) is 10.9. The van der Waals surface area contributed by atoms with Gasteiger partial charge in [0.15, 0.2) is 11.2 Å². The van der Waals surface area contributed by atoms with Gasteiger partial charge in [0, 0.05) is 37.7 Å². The number of carboxylic acids is 1. The summed E-state index contributed by atoms with van der Waals surface area (Å²) in [7, 11) is 1.18. The van der Waals surface area contributed by atoms with Crippen molar-refractivity contribution in [2.45, 2.75) is 37.9 Å². The summed E-state index contributed by atoms with van der Waals surface area (Å²) >= 11 is 6.36. The highest BCUT2D eigenvalue weighted by atomic mass is 35.5. The number of alkyl halides is 6. The number of hydrogen-bond donors (Lipinski definition) is 2. The number of nitrogens with one attached hydrogen (secondary N) is 1. The summed E-state index contributed by atoms with van der Waals surface area (Å²) in [4.78, 5) is 41.2. The third-order valence-electron chi connectivity index (χ3n) is 6.78. The molecule has 2 N–H and O–H groups in total. The molecular formula is C23H23ClF6N6O4. The van der Waals surface area contributed by atoms with Crippen LogP contribution < -0.4 is 21.5 Å². The largest absolute Gasteiger partial charge is 0.490 e. The highest BCUT2D eigenvalue weighted by Gasteiger charge is 2.41. The minimum atomic E-state index is -5.08. The van der Waals surface area contributed by atoms with E-state index in [0.29, 0.717) is 44.7 Å². The Hall–Kier alpha value is -3.53. The van der Waals surface area contributed by atoms with Gasteiger partial charge >= 0.3 is 24.0 Å². The van der Waals surface area contributed by atoms with E-state index < -0.39 is 36.1 Å². The van der Waals surface area contributed by atoms with Crippen molar-refractivity contribution in [3.05, 3.63) is 55.7 Å². The molecule has 0 amide bonds. The molecule has 2 aliphatic rings. The lowest BCUT2D eigenvalue weighted by molar-refractivity contribution is -0.192. The Balaban J connectivity index is 0.000000470. The van der Waals surface area contributed by atoms with Crippen LogP contribution in [0.5, 0.6) is 0 Å². The molecule has 3 aromatic rings. The number of carbonyl (C=O) groups is 1. The van der Waals surface area contributed by atoms with E-state index in [4.69, 9.17) is 21.5 Å². The molecule has 2 aliphatic heterocycles. The first-order chi connectivity index (χ1) is 18.6. The zero-order valence-electron chi connectivity index (χ0n) is 20.8. The fourth-order valence-electron chi connectivity index (χ4n) is 4.93. The lowest BCUT2D eigenvalue weighted by atomic mass is 10.1. The van der Waals surface area contributed by atoms with Crippen LogP contribution in [-0.2, 0) is 24.9 Å². The predicted octanol–water partition coefficient (Wildman–Crippen LogP) is 2.59. The van der Waals surface area contributed by atoms with Crippen LogP contribution in [0.1, 0.15) is 12.0 Å². The highest BCUT2D eigenvalue weighted by Crippen LogP contribution is 2.34. The van der Waals surface area contributed by atoms with Gasteiger partial charge in [0.05, 0.1) is 6.54 Å². The van der Waals surface area contributed by atoms with Crippen LogP contribution in [0.15, 0.2) is 33.9 Å². The van der Waals surface area contributed by atoms with Crippen molar-refractivity contribution in [3.63, 3.8) is 0 Å². The molecule has 218 valence electrons. The van der Waals surface area contributed by atoms with Gasteiger partial charge in [-0.25, -0.2) is 9.59 Å². The smallest absolute Gasteiger partial charge is 0.475 e. The minimum absolute atomic E-state index is 0.0503. The first kappa shape index (κ1) is 29.5. The lowest BCUT2D eigenvalue weighted by Gasteiger charge is -2.25. The van der Waals surface area contributed by atoms with Crippen LogP contribution in [0.4, 0.5) is 32.3 Å². The quantitative estimate of drug-likeness (QED) is 0.445. The molecule has 2 atom stereocenters. The number of halogens is 7. The van der Waals surface area contributed by atoms with Crippen molar-refractivity contribution in [2.75, 3.05) is 24.5 Å². The van der Waals surface area contributed by atoms with Gasteiger partial charge in [0.1, 0.15) is 6.54 Å². The zero-order valence-corrected chi connectivity index (χ0v) is 21.5. The Bertz CT molecular complexity index is 1550. The van der Waals surface area contributed by atoms with Crippen LogP contribution in [-0.4, -0.2) is 67.8 Å². The summed E-state index contributed by atoms with van der Waals surface area (Å²) in [5.41, 5.74) is -1.38. The molecule has 4 heterocycles. The molecule has 0 saturated carbocycles. The molecule has 5 rings (SSSR count). The van der Waals surface area contributed by atoms with Gasteiger partial charge in [-0.3, -0.25) is 18.5 Å². The number of benzene rings is 1. The maximum absolute atomic E-state index is 13.3. The normalized spacial score (nSPS) is 19.1. The summed E-state index contributed by atoms with van der Waals surface area (Å²) < 4.78 is 74.6. The number of hydrogen-bond acceptors (Lipinski definition) is 6. The SMILES string of the molecule is Cn1c(=O)c2c(nc(N3CCC4CNCC43)n2Cc2ccccc2Cl)n(CC(F)(F)F)c1=O.O=C(O)C(F)(F)F. The molecule has 2 unspecified atom stereocenters. The minimum Gasteiger partial charge on any atom is -0.475 e. The molecule has 2 fully saturated rings. The topological polar surface area (TPSA) is 114 Å². The van der Waals surface area contributed by atoms with Crippen LogP contribution >= 0.6 is 11.6 Å². The monoisotopic (exact) mass is 596 g/mol. The summed E-state index contributed by atoms with van der Waals surface area (Å²) in [5.74, 6) is -1.99. The Morgan fingerprint density at radius 2 is 1.77 bits per heavy atom. The predicted molar refractivity (Wildman–Crippen MR) is 132 cm³/mol. The van der Waals surface area contributed by atoms with Crippen LogP contribution in [0.2, 0.25) is 5.02 Å². The number of nitrogens with zero attached hydrogens (tertiary/aromatic N) is 5. The summed E-state index contributed by atoms with van der Waals surface area (Å²) in [6, 6.07) is 7.18. The third-order valence-corrected chi connectivity index (χ3v) is 7.15. The third kappa shape index (κ3) is 5.82. The van der Waals surface area contributed by atoms with E-state index >= 15 is 0 Å². The molecule has 1 aromatic carbocycles. The van der Waals surface area contributed by atoms with Crippen molar-refractivity contribution < 1.29 is 36.2 Å². The van der Waals surface area contributed by atoms with Crippen molar-refractivity contribution in [2.24, 2.45) is 13.0 Å². The fraction of sp³-hybridized carbons (Fsp3) is 0.478. The molecule has 0 aliphatic carbocycles. The number of aliphatic carboxylic acids is 1. The molecule has 2 saturated heterocycles. The van der Waals surface area contributed by atoms with E-state index in [-0.39, 0.29) is 23.8 Å². The first-order valence-electron chi connectivity index (χ1n) is 11.9. The van der Waals surface area contributed by atoms with E-state index in [9.17, 15) is 35.9 Å². The van der Waals surface area contributed by atoms with E-state index in [1.165, 1.54) is 7.05 Å². The van der Waals surface area contributed by atoms with Gasteiger partial charge in [-0.15, -0.1) is 0 Å². The van der Waals surface area contributed by atoms with Gasteiger partial charge in [0.25, 0.3) is 5.56 Å². The van der Waals surface area contributed by atoms with Crippen LogP contribution in [0.25, 0.3) is 11.2 Å². The summed E-state index contributed by atoms with van der Waals surface area (Å²) in [6.45, 7) is 0.825. The van der Waals surface area contributed by atoms with Gasteiger partial charge in [-0.05, 0) is 24.0 Å². The van der Waals surface area contributed by atoms with Gasteiger partial charge in [-0.1, -0.05) is 29.8 Å². The van der Waals surface area contributed by atoms with E-state index in [1.807, 2.05) is 4.90 Å². The Morgan fingerprint density at radius 3 is 2.38 bits per heavy atom. The van der Waals surface area contributed by atoms with Crippen molar-refractivity contribution in [1.82, 2.24) is 24.0 Å². The van der Waals surface area contributed by atoms with E-state index in [1.54, 1.807) is 28.8 Å². The van der Waals surface area contributed by atoms with E-state index in [0.717, 1.165) is 13.0 Å². The maximum Gasteiger partial charge on any atom is 0.490 e. The van der Waals surface area contributed by atoms with E-state index in [2.05, 4.69) is 10.3 Å². The van der Waals surface area contributed by atoms with Gasteiger partial charge in [-0.2, -0.15) is 31.3 Å². The number of aromatic nitrogens is 4. The second-order valence-electron chi connectivity index (χ2n) is 9.38. The maximum atomic E-state index is 13.3. The number of fused-ring (bicyclic) bond motifs is 2. The lowest BCUT2D eigenvalue weighted by Crippen LogP contribution is -2.41. The van der Waals surface area contributed by atoms with Gasteiger partial charge in [0.2, 0.25) is 5.95 Å². The Morgan fingerprint density at radius 1 is 1.12 bits per heavy atom. The molecule has 0 spiro atoms. The molecule has 10 nitrogen and oxygen atoms in total. The fourth-order valence-corrected chi connectivity index (χ4v) is 5.13. The molecule has 17 heteroatoms. The van der Waals surface area contributed by atoms with Gasteiger partial charge < -0.3 is 15.3 Å². The molecular weight excluding hydrogens is 574 g/mol. The molecule has 40 heavy (non-hydrogen) atoms. The number of anilines is 1. The van der Waals surface area contributed by atoms with Crippen molar-refractivity contribution >= 4 is 34.7 Å². The number of carboxylic acid groups (broad SMARTS) is 1. The standard InChI is InChI=1S/C21H22ClF3N6O2.C2HF3O2/c1-28-18(32)16-17(31(20(28)33)11-21(23,24)25)27-19(29-7-6-12-8-26-9-15(12)29)30(16)10-13-4-2-3-5-14(13)22;3-2(4,5)1(6)7/h2-5,12,15,26H,6-11H2,1H3;(H,6,7). The Labute approximate surface area is 226 Å². The Kier molecular flexibility index (Phi) is 7.95. The van der Waals surface area contributed by atoms with Crippen LogP contribution in [0.3, 0.4) is 0 Å². The zero-order chi connectivity index (χ0) is 29.6. The first-order valence-corrected chi connectivity index (χ1v) is 12.3. The van der Waals surface area contributed by atoms with Crippen molar-refractivity contribution in [1.29, 1.82) is 0 Å². The molecule has 0 radical (unpaired) electrons. The average molecular weight is 597 g/mol. The highest BCUT2D eigenvalue weighted by molar-refractivity contribution is 6.31. The molecule has 2 aromatic heterocycles. The van der Waals surface area contributed by atoms with Crippen molar-refractivity contribution in [3.8, 4) is 0 Å². The summed E-state index contributed by atoms with van der Waals surface area (Å²) in [6.07, 6.45) is -8.84. The number of imidazole rings is 1. The second kappa shape index (κ2) is 10.8. The van der Waals surface area contributed by atoms with Crippen LogP contribution in [0, 0.1) is 5.92 Å².